The molecule has 0 saturated heterocycles. The molecule has 3 N–H and O–H groups in total. The minimum atomic E-state index is -0.226. The zero-order chi connectivity index (χ0) is 13.7. The van der Waals surface area contributed by atoms with Gasteiger partial charge in [0, 0.05) is 18.0 Å². The molecular formula is C14H12BrN3O. The second-order valence-corrected chi connectivity index (χ2v) is 4.59. The lowest BCUT2D eigenvalue weighted by Gasteiger charge is -2.03. The van der Waals surface area contributed by atoms with E-state index in [0.717, 1.165) is 5.56 Å². The number of carbonyl (C=O) groups is 1. The Morgan fingerprint density at radius 2 is 2.16 bits per heavy atom. The molecule has 0 aliphatic heterocycles. The average Bonchev–Trinajstić information content (AvgIpc) is 2.39. The summed E-state index contributed by atoms with van der Waals surface area (Å²) in [5.41, 5.74) is 7.83. The molecular weight excluding hydrogens is 306 g/mol. The van der Waals surface area contributed by atoms with E-state index >= 15 is 0 Å². The minimum Gasteiger partial charge on any atom is -0.399 e. The number of nitrogens with zero attached hydrogens (tertiary/aromatic N) is 1. The Bertz CT molecular complexity index is 626. The Hall–Kier alpha value is -2.14. The van der Waals surface area contributed by atoms with E-state index in [9.17, 15) is 4.79 Å². The molecule has 0 saturated carbocycles. The van der Waals surface area contributed by atoms with Gasteiger partial charge in [-0.3, -0.25) is 4.79 Å². The Labute approximate surface area is 119 Å². The van der Waals surface area contributed by atoms with Crippen LogP contribution in [0.15, 0.2) is 53.3 Å². The van der Waals surface area contributed by atoms with Gasteiger partial charge in [0.2, 0.25) is 5.91 Å². The minimum absolute atomic E-state index is 0.226. The van der Waals surface area contributed by atoms with Crippen molar-refractivity contribution in [3.8, 4) is 0 Å². The Morgan fingerprint density at radius 3 is 2.89 bits per heavy atom. The smallest absolute Gasteiger partial charge is 0.248 e. The Balaban J connectivity index is 2.04. The van der Waals surface area contributed by atoms with Crippen LogP contribution in [0.25, 0.3) is 6.08 Å². The van der Waals surface area contributed by atoms with Gasteiger partial charge in [-0.05, 0) is 51.8 Å². The third kappa shape index (κ3) is 3.93. The fourth-order valence-electron chi connectivity index (χ4n) is 1.49. The Kier molecular flexibility index (Phi) is 4.30. The van der Waals surface area contributed by atoms with E-state index in [-0.39, 0.29) is 5.91 Å². The number of benzene rings is 1. The number of nitrogens with one attached hydrogen (secondary N) is 1. The number of amides is 1. The highest BCUT2D eigenvalue weighted by Crippen LogP contribution is 2.18. The van der Waals surface area contributed by atoms with Gasteiger partial charge < -0.3 is 11.1 Å². The van der Waals surface area contributed by atoms with Crippen molar-refractivity contribution in [2.45, 2.75) is 0 Å². The van der Waals surface area contributed by atoms with Gasteiger partial charge in [0.1, 0.15) is 4.60 Å². The predicted octanol–water partition coefficient (Wildman–Crippen LogP) is 3.08. The van der Waals surface area contributed by atoms with Crippen molar-refractivity contribution in [3.05, 3.63) is 58.8 Å². The summed E-state index contributed by atoms with van der Waals surface area (Å²) in [4.78, 5) is 15.8. The van der Waals surface area contributed by atoms with Gasteiger partial charge in [-0.1, -0.05) is 12.1 Å². The van der Waals surface area contributed by atoms with Crippen LogP contribution in [0, 0.1) is 0 Å². The molecule has 2 rings (SSSR count). The van der Waals surface area contributed by atoms with Crippen LogP contribution in [0.5, 0.6) is 0 Å². The SMILES string of the molecule is Nc1cccc(/C=C/C(=O)Nc2cccnc2Br)c1. The van der Waals surface area contributed by atoms with E-state index < -0.39 is 0 Å². The largest absolute Gasteiger partial charge is 0.399 e. The quantitative estimate of drug-likeness (QED) is 0.519. The highest BCUT2D eigenvalue weighted by atomic mass is 79.9. The van der Waals surface area contributed by atoms with Crippen LogP contribution in [0.1, 0.15) is 5.56 Å². The highest BCUT2D eigenvalue weighted by Gasteiger charge is 2.02. The van der Waals surface area contributed by atoms with Crippen LogP contribution in [-0.2, 0) is 4.79 Å². The van der Waals surface area contributed by atoms with E-state index in [0.29, 0.717) is 16.0 Å². The highest BCUT2D eigenvalue weighted by molar-refractivity contribution is 9.10. The van der Waals surface area contributed by atoms with Gasteiger partial charge in [0.25, 0.3) is 0 Å². The first-order valence-corrected chi connectivity index (χ1v) is 6.39. The van der Waals surface area contributed by atoms with Crippen LogP contribution in [0.2, 0.25) is 0 Å². The summed E-state index contributed by atoms with van der Waals surface area (Å²) >= 11 is 3.26. The van der Waals surface area contributed by atoms with Crippen molar-refractivity contribution >= 4 is 39.3 Å². The molecule has 0 atom stereocenters. The number of anilines is 2. The molecule has 0 bridgehead atoms. The fraction of sp³-hybridized carbons (Fsp3) is 0. The molecule has 2 aromatic rings. The maximum atomic E-state index is 11.7. The zero-order valence-corrected chi connectivity index (χ0v) is 11.6. The maximum Gasteiger partial charge on any atom is 0.248 e. The third-order valence-corrected chi connectivity index (χ3v) is 2.99. The number of halogens is 1. The number of hydrogen-bond acceptors (Lipinski definition) is 3. The average molecular weight is 318 g/mol. The monoisotopic (exact) mass is 317 g/mol. The molecule has 1 aromatic carbocycles. The van der Waals surface area contributed by atoms with Crippen molar-refractivity contribution in [2.75, 3.05) is 11.1 Å². The number of nitrogen functional groups attached to an aromatic ring is 1. The molecule has 1 amide bonds. The van der Waals surface area contributed by atoms with E-state index in [1.807, 2.05) is 12.1 Å². The number of rotatable bonds is 3. The first kappa shape index (κ1) is 13.3. The molecule has 0 aliphatic rings. The van der Waals surface area contributed by atoms with Crippen molar-refractivity contribution < 1.29 is 4.79 Å². The van der Waals surface area contributed by atoms with Gasteiger partial charge in [0.15, 0.2) is 0 Å². The van der Waals surface area contributed by atoms with E-state index in [2.05, 4.69) is 26.2 Å². The van der Waals surface area contributed by atoms with E-state index in [1.54, 1.807) is 36.5 Å². The number of hydrogen-bond donors (Lipinski definition) is 2. The van der Waals surface area contributed by atoms with Crippen molar-refractivity contribution in [1.82, 2.24) is 4.98 Å². The van der Waals surface area contributed by atoms with Crippen molar-refractivity contribution in [3.63, 3.8) is 0 Å². The van der Waals surface area contributed by atoms with Crippen LogP contribution in [0.4, 0.5) is 11.4 Å². The molecule has 4 nitrogen and oxygen atoms in total. The second-order valence-electron chi connectivity index (χ2n) is 3.83. The van der Waals surface area contributed by atoms with Gasteiger partial charge >= 0.3 is 0 Å². The lowest BCUT2D eigenvalue weighted by atomic mass is 10.2. The molecule has 0 radical (unpaired) electrons. The number of carbonyl (C=O) groups excluding carboxylic acids is 1. The summed E-state index contributed by atoms with van der Waals surface area (Å²) in [6.07, 6.45) is 4.80. The zero-order valence-electron chi connectivity index (χ0n) is 10.0. The van der Waals surface area contributed by atoms with Gasteiger partial charge in [0.05, 0.1) is 5.69 Å². The van der Waals surface area contributed by atoms with Crippen LogP contribution in [0.3, 0.4) is 0 Å². The van der Waals surface area contributed by atoms with Crippen molar-refractivity contribution in [1.29, 1.82) is 0 Å². The van der Waals surface area contributed by atoms with Gasteiger partial charge in [-0.15, -0.1) is 0 Å². The lowest BCUT2D eigenvalue weighted by Crippen LogP contribution is -2.08. The number of pyridine rings is 1. The molecule has 5 heteroatoms. The summed E-state index contributed by atoms with van der Waals surface area (Å²) in [7, 11) is 0. The molecule has 1 heterocycles. The van der Waals surface area contributed by atoms with Crippen LogP contribution < -0.4 is 11.1 Å². The molecule has 19 heavy (non-hydrogen) atoms. The van der Waals surface area contributed by atoms with Gasteiger partial charge in [-0.2, -0.15) is 0 Å². The van der Waals surface area contributed by atoms with Crippen molar-refractivity contribution in [2.24, 2.45) is 0 Å². The van der Waals surface area contributed by atoms with Crippen LogP contribution >= 0.6 is 15.9 Å². The second kappa shape index (κ2) is 6.15. The molecule has 0 fully saturated rings. The summed E-state index contributed by atoms with van der Waals surface area (Å²) in [5.74, 6) is -0.226. The standard InChI is InChI=1S/C14H12BrN3O/c15-14-12(5-2-8-17-14)18-13(19)7-6-10-3-1-4-11(16)9-10/h1-9H,16H2,(H,18,19)/b7-6+. The molecule has 0 aliphatic carbocycles. The molecule has 0 spiro atoms. The topological polar surface area (TPSA) is 68.0 Å². The lowest BCUT2D eigenvalue weighted by molar-refractivity contribution is -0.111. The summed E-state index contributed by atoms with van der Waals surface area (Å²) < 4.78 is 0.598. The first-order valence-electron chi connectivity index (χ1n) is 5.60. The van der Waals surface area contributed by atoms with E-state index in [1.165, 1.54) is 6.08 Å². The van der Waals surface area contributed by atoms with E-state index in [4.69, 9.17) is 5.73 Å². The molecule has 1 aromatic heterocycles. The normalized spacial score (nSPS) is 10.6. The van der Waals surface area contributed by atoms with Gasteiger partial charge in [-0.25, -0.2) is 4.98 Å². The summed E-state index contributed by atoms with van der Waals surface area (Å²) in [6, 6.07) is 10.8. The summed E-state index contributed by atoms with van der Waals surface area (Å²) in [6.45, 7) is 0. The number of nitrogens with two attached hydrogens (primary N) is 1. The fourth-order valence-corrected chi connectivity index (χ4v) is 1.84. The number of aromatic nitrogens is 1. The Morgan fingerprint density at radius 1 is 1.32 bits per heavy atom. The maximum absolute atomic E-state index is 11.7. The predicted molar refractivity (Wildman–Crippen MR) is 80.5 cm³/mol. The molecule has 0 unspecified atom stereocenters. The first-order chi connectivity index (χ1) is 9.15. The van der Waals surface area contributed by atoms with Crippen LogP contribution in [-0.4, -0.2) is 10.9 Å². The third-order valence-electron chi connectivity index (χ3n) is 2.35. The summed E-state index contributed by atoms with van der Waals surface area (Å²) in [5, 5.41) is 2.73. The molecule has 96 valence electrons.